The molecule has 3 N–H and O–H groups in total. The van der Waals surface area contributed by atoms with Crippen LogP contribution in [0.1, 0.15) is 38.7 Å². The number of aliphatic carboxylic acids is 1. The molecule has 0 heterocycles. The Labute approximate surface area is 201 Å². The number of carbonyl (C=O) groups is 2. The van der Waals surface area contributed by atoms with Gasteiger partial charge in [0.2, 0.25) is 5.91 Å². The molecule has 0 spiro atoms. The summed E-state index contributed by atoms with van der Waals surface area (Å²) in [4.78, 5) is 21.5. The summed E-state index contributed by atoms with van der Waals surface area (Å²) in [6.45, 7) is 5.08. The van der Waals surface area contributed by atoms with E-state index in [0.29, 0.717) is 24.6 Å². The predicted molar refractivity (Wildman–Crippen MR) is 123 cm³/mol. The maximum absolute atomic E-state index is 12.6. The van der Waals surface area contributed by atoms with Crippen molar-refractivity contribution in [3.05, 3.63) is 54.1 Å². The number of benzene rings is 2. The third-order valence-corrected chi connectivity index (χ3v) is 6.49. The Morgan fingerprint density at radius 1 is 1.03 bits per heavy atom. The normalized spacial score (nSPS) is 14.2. The van der Waals surface area contributed by atoms with E-state index in [4.69, 9.17) is 14.6 Å². The van der Waals surface area contributed by atoms with Crippen molar-refractivity contribution in [2.45, 2.75) is 49.6 Å². The summed E-state index contributed by atoms with van der Waals surface area (Å²) in [5.41, 5.74) is 0.925. The van der Waals surface area contributed by atoms with Gasteiger partial charge in [0.25, 0.3) is 10.0 Å². The van der Waals surface area contributed by atoms with Gasteiger partial charge < -0.3 is 15.2 Å². The van der Waals surface area contributed by atoms with Gasteiger partial charge in [0, 0.05) is 12.2 Å². The van der Waals surface area contributed by atoms with E-state index in [1.165, 1.54) is 12.1 Å². The first-order valence-electron chi connectivity index (χ1n) is 10.8. The maximum atomic E-state index is 12.6. The number of hydrogen-bond acceptors (Lipinski definition) is 5. The second-order valence-corrected chi connectivity index (χ2v) is 9.41. The van der Waals surface area contributed by atoms with Gasteiger partial charge in [0.05, 0.1) is 16.9 Å². The monoisotopic (exact) mass is 516 g/mol. The fourth-order valence-electron chi connectivity index (χ4n) is 3.13. The lowest BCUT2D eigenvalue weighted by Crippen LogP contribution is -2.35. The highest BCUT2D eigenvalue weighted by atomic mass is 32.2. The number of ether oxygens (including phenoxy) is 1. The smallest absolute Gasteiger partial charge is 0.490 e. The molecular formula is C23H27F3N2O6S. The average Bonchev–Trinajstić information content (AvgIpc) is 3.60. The zero-order chi connectivity index (χ0) is 26.3. The Hall–Kier alpha value is -3.28. The first-order valence-corrected chi connectivity index (χ1v) is 12.3. The van der Waals surface area contributed by atoms with Crippen LogP contribution < -0.4 is 14.8 Å². The van der Waals surface area contributed by atoms with Crippen molar-refractivity contribution in [2.75, 3.05) is 17.9 Å². The van der Waals surface area contributed by atoms with Crippen molar-refractivity contribution in [1.29, 1.82) is 0 Å². The van der Waals surface area contributed by atoms with Crippen LogP contribution in [0.3, 0.4) is 0 Å². The van der Waals surface area contributed by atoms with Gasteiger partial charge in [-0.1, -0.05) is 19.1 Å². The van der Waals surface area contributed by atoms with E-state index < -0.39 is 27.6 Å². The van der Waals surface area contributed by atoms with Gasteiger partial charge in [0.1, 0.15) is 5.75 Å². The van der Waals surface area contributed by atoms with E-state index in [9.17, 15) is 26.4 Å². The summed E-state index contributed by atoms with van der Waals surface area (Å²) in [5.74, 6) is -2.08. The minimum Gasteiger partial charge on any atom is -0.494 e. The number of carbonyl (C=O) groups excluding carboxylic acids is 1. The second kappa shape index (κ2) is 11.4. The minimum absolute atomic E-state index is 0.0528. The molecule has 0 aromatic heterocycles. The third-order valence-electron chi connectivity index (χ3n) is 5.10. The van der Waals surface area contributed by atoms with Crippen LogP contribution in [-0.2, 0) is 25.0 Å². The maximum Gasteiger partial charge on any atom is 0.490 e. The van der Waals surface area contributed by atoms with E-state index in [0.717, 1.165) is 24.8 Å². The van der Waals surface area contributed by atoms with Crippen LogP contribution in [0, 0.1) is 0 Å². The number of anilines is 1. The molecule has 0 saturated heterocycles. The highest BCUT2D eigenvalue weighted by Crippen LogP contribution is 2.48. The Morgan fingerprint density at radius 3 is 2.00 bits per heavy atom. The molecule has 0 bridgehead atoms. The van der Waals surface area contributed by atoms with Crippen molar-refractivity contribution < 1.29 is 41.0 Å². The molecule has 1 fully saturated rings. The predicted octanol–water partition coefficient (Wildman–Crippen LogP) is 4.08. The van der Waals surface area contributed by atoms with Gasteiger partial charge in [-0.3, -0.25) is 9.52 Å². The number of hydrogen-bond donors (Lipinski definition) is 3. The highest BCUT2D eigenvalue weighted by molar-refractivity contribution is 7.92. The molecule has 0 atom stereocenters. The SMILES string of the molecule is CCCNC(=O)C1(c2ccc(NS(=O)(=O)c3ccc(OCC)cc3)cc2)CC1.O=C(O)C(F)(F)F. The van der Waals surface area contributed by atoms with E-state index >= 15 is 0 Å². The molecule has 8 nitrogen and oxygen atoms in total. The van der Waals surface area contributed by atoms with Crippen LogP contribution in [0.15, 0.2) is 53.4 Å². The lowest BCUT2D eigenvalue weighted by molar-refractivity contribution is -0.192. The van der Waals surface area contributed by atoms with Gasteiger partial charge in [-0.15, -0.1) is 0 Å². The summed E-state index contributed by atoms with van der Waals surface area (Å²) in [5, 5.41) is 10.1. The van der Waals surface area contributed by atoms with Crippen molar-refractivity contribution in [1.82, 2.24) is 5.32 Å². The van der Waals surface area contributed by atoms with Crippen molar-refractivity contribution >= 4 is 27.6 Å². The highest BCUT2D eigenvalue weighted by Gasteiger charge is 2.51. The van der Waals surface area contributed by atoms with Gasteiger partial charge in [0.15, 0.2) is 0 Å². The van der Waals surface area contributed by atoms with Crippen LogP contribution in [-0.4, -0.2) is 44.7 Å². The molecule has 192 valence electrons. The lowest BCUT2D eigenvalue weighted by atomic mass is 9.95. The number of rotatable bonds is 9. The van der Waals surface area contributed by atoms with E-state index in [1.807, 2.05) is 26.0 Å². The number of alkyl halides is 3. The van der Waals surface area contributed by atoms with Crippen molar-refractivity contribution in [3.63, 3.8) is 0 Å². The topological polar surface area (TPSA) is 122 Å². The third kappa shape index (κ3) is 7.61. The van der Waals surface area contributed by atoms with Crippen LogP contribution >= 0.6 is 0 Å². The van der Waals surface area contributed by atoms with Gasteiger partial charge >= 0.3 is 12.1 Å². The fraction of sp³-hybridized carbons (Fsp3) is 0.391. The molecule has 1 aliphatic carbocycles. The van der Waals surface area contributed by atoms with Gasteiger partial charge in [-0.2, -0.15) is 13.2 Å². The summed E-state index contributed by atoms with van der Waals surface area (Å²) < 4.78 is 64.8. The van der Waals surface area contributed by atoms with Crippen molar-refractivity contribution in [2.24, 2.45) is 0 Å². The molecule has 1 amide bonds. The first kappa shape index (κ1) is 28.0. The van der Waals surface area contributed by atoms with Crippen LogP contribution in [0.2, 0.25) is 0 Å². The summed E-state index contributed by atoms with van der Waals surface area (Å²) >= 11 is 0. The molecule has 0 unspecified atom stereocenters. The Kier molecular flexibility index (Phi) is 9.13. The first-order chi connectivity index (χ1) is 16.4. The largest absolute Gasteiger partial charge is 0.494 e. The number of halogens is 3. The summed E-state index contributed by atoms with van der Waals surface area (Å²) in [6, 6.07) is 13.4. The van der Waals surface area contributed by atoms with Crippen LogP contribution in [0.5, 0.6) is 5.75 Å². The average molecular weight is 517 g/mol. The number of amides is 1. The van der Waals surface area contributed by atoms with Crippen LogP contribution in [0.25, 0.3) is 0 Å². The molecule has 12 heteroatoms. The standard InChI is InChI=1S/C21H26N2O4S.C2HF3O2/c1-3-15-22-20(24)21(13-14-21)16-5-7-17(8-6-16)23-28(25,26)19-11-9-18(10-12-19)27-4-2;3-2(4,5)1(6)7/h5-12,23H,3-4,13-15H2,1-2H3,(H,22,24);(H,6,7). The molecule has 1 aliphatic rings. The zero-order valence-corrected chi connectivity index (χ0v) is 20.0. The van der Waals surface area contributed by atoms with Crippen LogP contribution in [0.4, 0.5) is 18.9 Å². The second-order valence-electron chi connectivity index (χ2n) is 7.73. The van der Waals surface area contributed by atoms with E-state index in [-0.39, 0.29) is 10.8 Å². The zero-order valence-electron chi connectivity index (χ0n) is 19.2. The molecule has 35 heavy (non-hydrogen) atoms. The summed E-state index contributed by atoms with van der Waals surface area (Å²) in [7, 11) is -3.69. The van der Waals surface area contributed by atoms with Gasteiger partial charge in [-0.05, 0) is 68.1 Å². The molecule has 1 saturated carbocycles. The Morgan fingerprint density at radius 2 is 1.57 bits per heavy atom. The Bertz CT molecular complexity index is 1110. The molecular weight excluding hydrogens is 489 g/mol. The number of carboxylic acids is 1. The number of sulfonamides is 1. The fourth-order valence-corrected chi connectivity index (χ4v) is 4.19. The van der Waals surface area contributed by atoms with E-state index in [2.05, 4.69) is 10.0 Å². The Balaban J connectivity index is 0.000000540. The lowest BCUT2D eigenvalue weighted by Gasteiger charge is -2.16. The summed E-state index contributed by atoms with van der Waals surface area (Å²) in [6.07, 6.45) is -2.55. The molecule has 2 aromatic carbocycles. The number of nitrogens with one attached hydrogen (secondary N) is 2. The molecule has 2 aromatic rings. The molecule has 0 radical (unpaired) electrons. The quantitative estimate of drug-likeness (QED) is 0.462. The van der Waals surface area contributed by atoms with Gasteiger partial charge in [-0.25, -0.2) is 13.2 Å². The van der Waals surface area contributed by atoms with E-state index in [1.54, 1.807) is 24.3 Å². The molecule has 0 aliphatic heterocycles. The molecule has 3 rings (SSSR count). The van der Waals surface area contributed by atoms with Crippen molar-refractivity contribution in [3.8, 4) is 5.75 Å². The minimum atomic E-state index is -5.08. The number of carboxylic acid groups (broad SMARTS) is 1.